The Morgan fingerprint density at radius 2 is 2.12 bits per heavy atom. The minimum Gasteiger partial charge on any atom is -0.478 e. The zero-order chi connectivity index (χ0) is 12.3. The number of benzene rings is 1. The second-order valence-electron chi connectivity index (χ2n) is 3.44. The van der Waals surface area contributed by atoms with Crippen LogP contribution in [0.4, 0.5) is 0 Å². The summed E-state index contributed by atoms with van der Waals surface area (Å²) in [6.45, 7) is 0.498. The van der Waals surface area contributed by atoms with Crippen molar-refractivity contribution in [1.29, 1.82) is 0 Å². The molecule has 0 unspecified atom stereocenters. The first kappa shape index (κ1) is 11.8. The number of carboxylic acids is 1. The Balaban J connectivity index is 2.23. The normalized spacial score (nSPS) is 10.4. The molecule has 5 heteroatoms. The average Bonchev–Trinajstić information content (AvgIpc) is 2.78. The first-order valence-electron chi connectivity index (χ1n) is 4.98. The summed E-state index contributed by atoms with van der Waals surface area (Å²) in [5.74, 6) is -0.921. The van der Waals surface area contributed by atoms with Crippen molar-refractivity contribution in [3.63, 3.8) is 0 Å². The number of nitrogens with zero attached hydrogens (tertiary/aromatic N) is 1. The molecule has 17 heavy (non-hydrogen) atoms. The Labute approximate surface area is 103 Å². The van der Waals surface area contributed by atoms with E-state index >= 15 is 0 Å². The molecule has 0 fully saturated rings. The summed E-state index contributed by atoms with van der Waals surface area (Å²) in [5.41, 5.74) is 2.04. The second kappa shape index (κ2) is 5.07. The van der Waals surface area contributed by atoms with Gasteiger partial charge in [-0.15, -0.1) is 11.3 Å². The lowest BCUT2D eigenvalue weighted by molar-refractivity contribution is 0.0697. The minimum atomic E-state index is -0.921. The highest BCUT2D eigenvalue weighted by Gasteiger charge is 2.06. The monoisotopic (exact) mass is 249 g/mol. The van der Waals surface area contributed by atoms with Gasteiger partial charge in [0.15, 0.2) is 0 Å². The van der Waals surface area contributed by atoms with Crippen LogP contribution in [0.15, 0.2) is 29.6 Å². The largest absolute Gasteiger partial charge is 0.478 e. The van der Waals surface area contributed by atoms with E-state index in [1.165, 1.54) is 11.3 Å². The Kier molecular flexibility index (Phi) is 3.51. The molecule has 4 nitrogen and oxygen atoms in total. The van der Waals surface area contributed by atoms with Crippen LogP contribution in [0, 0.1) is 0 Å². The van der Waals surface area contributed by atoms with Crippen LogP contribution in [-0.2, 0) is 11.3 Å². The molecule has 0 aliphatic heterocycles. The highest BCUT2D eigenvalue weighted by atomic mass is 32.1. The maximum absolute atomic E-state index is 10.7. The third-order valence-electron chi connectivity index (χ3n) is 2.25. The number of thiazole rings is 1. The van der Waals surface area contributed by atoms with Crippen molar-refractivity contribution in [3.8, 4) is 11.3 Å². The summed E-state index contributed by atoms with van der Waals surface area (Å²) >= 11 is 1.53. The summed E-state index contributed by atoms with van der Waals surface area (Å²) in [6, 6.07) is 6.67. The number of carboxylic acid groups (broad SMARTS) is 1. The summed E-state index contributed by atoms with van der Waals surface area (Å²) < 4.78 is 5.00. The molecule has 1 aromatic heterocycles. The Bertz CT molecular complexity index is 519. The molecule has 1 aromatic carbocycles. The number of aromatic nitrogens is 1. The van der Waals surface area contributed by atoms with Gasteiger partial charge in [0.2, 0.25) is 0 Å². The number of hydrogen-bond donors (Lipinski definition) is 1. The molecular formula is C12H11NO3S. The van der Waals surface area contributed by atoms with E-state index in [0.29, 0.717) is 6.61 Å². The van der Waals surface area contributed by atoms with Crippen LogP contribution in [0.3, 0.4) is 0 Å². The summed E-state index contributed by atoms with van der Waals surface area (Å²) in [5, 5.41) is 11.6. The molecule has 0 aliphatic rings. The third-order valence-corrected chi connectivity index (χ3v) is 3.07. The molecule has 0 bridgehead atoms. The smallest absolute Gasteiger partial charge is 0.335 e. The number of ether oxygens (including phenoxy) is 1. The van der Waals surface area contributed by atoms with Crippen LogP contribution in [0.1, 0.15) is 15.4 Å². The molecule has 2 rings (SSSR count). The van der Waals surface area contributed by atoms with E-state index in [1.54, 1.807) is 31.4 Å². The van der Waals surface area contributed by atoms with Crippen molar-refractivity contribution in [2.45, 2.75) is 6.61 Å². The lowest BCUT2D eigenvalue weighted by atomic mass is 10.1. The van der Waals surface area contributed by atoms with Crippen molar-refractivity contribution < 1.29 is 14.6 Å². The van der Waals surface area contributed by atoms with Gasteiger partial charge in [0.25, 0.3) is 0 Å². The first-order valence-corrected chi connectivity index (χ1v) is 5.85. The summed E-state index contributed by atoms with van der Waals surface area (Å²) in [6.07, 6.45) is 0. The minimum absolute atomic E-state index is 0.279. The van der Waals surface area contributed by atoms with E-state index < -0.39 is 5.97 Å². The molecule has 88 valence electrons. The predicted octanol–water partition coefficient (Wildman–Crippen LogP) is 2.65. The standard InChI is InChI=1S/C12H11NO3S/c1-16-6-11-13-10(7-17-11)8-2-4-9(5-3-8)12(14)15/h2-5,7H,6H2,1H3,(H,14,15). The summed E-state index contributed by atoms with van der Waals surface area (Å²) in [4.78, 5) is 15.1. The maximum Gasteiger partial charge on any atom is 0.335 e. The molecule has 0 aliphatic carbocycles. The fourth-order valence-electron chi connectivity index (χ4n) is 1.42. The van der Waals surface area contributed by atoms with E-state index in [2.05, 4.69) is 4.98 Å². The van der Waals surface area contributed by atoms with Crippen molar-refractivity contribution in [3.05, 3.63) is 40.2 Å². The van der Waals surface area contributed by atoms with E-state index in [1.807, 2.05) is 5.38 Å². The molecule has 0 amide bonds. The Morgan fingerprint density at radius 3 is 2.71 bits per heavy atom. The molecule has 2 aromatic rings. The van der Waals surface area contributed by atoms with E-state index in [4.69, 9.17) is 9.84 Å². The van der Waals surface area contributed by atoms with Gasteiger partial charge in [0.05, 0.1) is 17.9 Å². The number of rotatable bonds is 4. The van der Waals surface area contributed by atoms with Crippen LogP contribution in [0.25, 0.3) is 11.3 Å². The molecule has 0 saturated heterocycles. The van der Waals surface area contributed by atoms with E-state index in [-0.39, 0.29) is 5.56 Å². The van der Waals surface area contributed by atoms with Gasteiger partial charge in [-0.25, -0.2) is 9.78 Å². The number of aromatic carboxylic acids is 1. The average molecular weight is 249 g/mol. The maximum atomic E-state index is 10.7. The fourth-order valence-corrected chi connectivity index (χ4v) is 2.19. The molecule has 0 radical (unpaired) electrons. The van der Waals surface area contributed by atoms with Crippen molar-refractivity contribution in [2.24, 2.45) is 0 Å². The molecule has 1 heterocycles. The predicted molar refractivity (Wildman–Crippen MR) is 65.2 cm³/mol. The van der Waals surface area contributed by atoms with Gasteiger partial charge in [0, 0.05) is 18.1 Å². The van der Waals surface area contributed by atoms with E-state index in [0.717, 1.165) is 16.3 Å². The Morgan fingerprint density at radius 1 is 1.41 bits per heavy atom. The van der Waals surface area contributed by atoms with Crippen molar-refractivity contribution >= 4 is 17.3 Å². The van der Waals surface area contributed by atoms with E-state index in [9.17, 15) is 4.79 Å². The number of hydrogen-bond acceptors (Lipinski definition) is 4. The van der Waals surface area contributed by atoms with Crippen LogP contribution in [0.5, 0.6) is 0 Å². The lowest BCUT2D eigenvalue weighted by Gasteiger charge is -1.98. The molecule has 0 atom stereocenters. The van der Waals surface area contributed by atoms with Gasteiger partial charge in [-0.2, -0.15) is 0 Å². The van der Waals surface area contributed by atoms with Gasteiger partial charge in [-0.3, -0.25) is 0 Å². The molecule has 1 N–H and O–H groups in total. The van der Waals surface area contributed by atoms with Crippen LogP contribution in [-0.4, -0.2) is 23.2 Å². The second-order valence-corrected chi connectivity index (χ2v) is 4.38. The van der Waals surface area contributed by atoms with Gasteiger partial charge >= 0.3 is 5.97 Å². The summed E-state index contributed by atoms with van der Waals surface area (Å²) in [7, 11) is 1.63. The molecule has 0 saturated carbocycles. The van der Waals surface area contributed by atoms with Crippen molar-refractivity contribution in [2.75, 3.05) is 7.11 Å². The quantitative estimate of drug-likeness (QED) is 0.905. The zero-order valence-electron chi connectivity index (χ0n) is 9.21. The molecular weight excluding hydrogens is 238 g/mol. The van der Waals surface area contributed by atoms with Crippen LogP contribution < -0.4 is 0 Å². The van der Waals surface area contributed by atoms with Gasteiger partial charge in [-0.1, -0.05) is 12.1 Å². The topological polar surface area (TPSA) is 59.4 Å². The number of carbonyl (C=O) groups is 1. The number of methoxy groups -OCH3 is 1. The van der Waals surface area contributed by atoms with Crippen molar-refractivity contribution in [1.82, 2.24) is 4.98 Å². The van der Waals surface area contributed by atoms with Gasteiger partial charge in [0.1, 0.15) is 5.01 Å². The highest BCUT2D eigenvalue weighted by Crippen LogP contribution is 2.22. The lowest BCUT2D eigenvalue weighted by Crippen LogP contribution is -1.95. The van der Waals surface area contributed by atoms with Crippen LogP contribution in [0.2, 0.25) is 0 Å². The third kappa shape index (κ3) is 2.69. The highest BCUT2D eigenvalue weighted by molar-refractivity contribution is 7.09. The fraction of sp³-hybridized carbons (Fsp3) is 0.167. The zero-order valence-corrected chi connectivity index (χ0v) is 10.0. The van der Waals surface area contributed by atoms with Gasteiger partial charge in [-0.05, 0) is 12.1 Å². The van der Waals surface area contributed by atoms with Crippen LogP contribution >= 0.6 is 11.3 Å². The molecule has 0 spiro atoms. The Hall–Kier alpha value is -1.72. The first-order chi connectivity index (χ1) is 8.20. The van der Waals surface area contributed by atoms with Gasteiger partial charge < -0.3 is 9.84 Å². The SMILES string of the molecule is COCc1nc(-c2ccc(C(=O)O)cc2)cs1.